The summed E-state index contributed by atoms with van der Waals surface area (Å²) in [5, 5.41) is 2.75. The van der Waals surface area contributed by atoms with Gasteiger partial charge >= 0.3 is 6.09 Å². The summed E-state index contributed by atoms with van der Waals surface area (Å²) in [6, 6.07) is 19.4. The minimum Gasteiger partial charge on any atom is -0.488 e. The van der Waals surface area contributed by atoms with Crippen LogP contribution in [0.3, 0.4) is 0 Å². The lowest BCUT2D eigenvalue weighted by atomic mass is 9.86. The van der Waals surface area contributed by atoms with Gasteiger partial charge in [0.05, 0.1) is 55.5 Å². The molecular formula is C47H52N7O6. The average molecular weight is 811 g/mol. The molecule has 3 aliphatic heterocycles. The van der Waals surface area contributed by atoms with E-state index >= 15 is 0 Å². The van der Waals surface area contributed by atoms with Gasteiger partial charge in [-0.05, 0) is 91.0 Å². The van der Waals surface area contributed by atoms with Crippen LogP contribution in [0.5, 0.6) is 5.75 Å². The van der Waals surface area contributed by atoms with E-state index in [9.17, 15) is 14.4 Å². The fourth-order valence-electron chi connectivity index (χ4n) is 9.63. The number of nitrogens with one attached hydrogen (secondary N) is 3. The van der Waals surface area contributed by atoms with Crippen molar-refractivity contribution in [2.24, 2.45) is 11.8 Å². The number of aromatic nitrogens is 4. The van der Waals surface area contributed by atoms with E-state index < -0.39 is 12.1 Å². The molecule has 5 aromatic rings. The smallest absolute Gasteiger partial charge is 0.407 e. The quantitative estimate of drug-likeness (QED) is 0.132. The predicted octanol–water partition coefficient (Wildman–Crippen LogP) is 7.35. The summed E-state index contributed by atoms with van der Waals surface area (Å²) in [7, 11) is 3.01. The van der Waals surface area contributed by atoms with Gasteiger partial charge < -0.3 is 39.3 Å². The second-order valence-electron chi connectivity index (χ2n) is 17.0. The molecular weight excluding hydrogens is 759 g/mol. The van der Waals surface area contributed by atoms with Crippen molar-refractivity contribution in [3.8, 4) is 39.4 Å². The maximum atomic E-state index is 14.0. The summed E-state index contributed by atoms with van der Waals surface area (Å²) in [5.41, 5.74) is 10.3. The second-order valence-corrected chi connectivity index (χ2v) is 17.0. The van der Waals surface area contributed by atoms with Crippen LogP contribution < -0.4 is 10.1 Å². The summed E-state index contributed by atoms with van der Waals surface area (Å²) in [6.45, 7) is 7.51. The van der Waals surface area contributed by atoms with E-state index in [1.807, 2.05) is 60.2 Å². The van der Waals surface area contributed by atoms with E-state index in [4.69, 9.17) is 24.2 Å². The molecule has 3 amide bonds. The van der Waals surface area contributed by atoms with E-state index in [1.54, 1.807) is 13.5 Å². The zero-order valence-electron chi connectivity index (χ0n) is 34.8. The van der Waals surface area contributed by atoms with Crippen LogP contribution in [0, 0.1) is 18.3 Å². The Morgan fingerprint density at radius 3 is 2.57 bits per heavy atom. The van der Waals surface area contributed by atoms with Crippen LogP contribution in [-0.2, 0) is 38.5 Å². The second kappa shape index (κ2) is 16.2. The van der Waals surface area contributed by atoms with Gasteiger partial charge in [-0.2, -0.15) is 0 Å². The highest BCUT2D eigenvalue weighted by atomic mass is 16.5. The summed E-state index contributed by atoms with van der Waals surface area (Å²) in [6.07, 6.45) is 6.94. The highest BCUT2D eigenvalue weighted by Gasteiger charge is 2.42. The Hall–Kier alpha value is -5.95. The third-order valence-corrected chi connectivity index (χ3v) is 12.7. The minimum absolute atomic E-state index is 0.0000480. The SMILES string of the molecule is COC[C@H]1C[C@@H](c2ncc(-c3ccc4c(c3)COc3cc5c(cc3-4)CCc3nc([C@@H]4CC[C@H](C)N4C(=O)[C@@H](NC(=O)OC)C(C)C)[nH]c3-5)[nH]2)N(C(=O)[CH]c2ccccc2)C1. The Morgan fingerprint density at radius 2 is 1.78 bits per heavy atom. The number of methoxy groups -OCH3 is 2. The maximum Gasteiger partial charge on any atom is 0.407 e. The normalized spacial score (nSPS) is 20.8. The van der Waals surface area contributed by atoms with Crippen molar-refractivity contribution in [2.45, 2.75) is 83.6 Å². The molecule has 5 heterocycles. The van der Waals surface area contributed by atoms with Crippen LogP contribution in [0.25, 0.3) is 33.6 Å². The molecule has 1 radical (unpaired) electrons. The summed E-state index contributed by atoms with van der Waals surface area (Å²) in [4.78, 5) is 60.6. The van der Waals surface area contributed by atoms with Crippen LogP contribution in [-0.4, -0.2) is 87.1 Å². The number of fused-ring (bicyclic) bond motifs is 6. The Kier molecular flexibility index (Phi) is 10.7. The number of ether oxygens (including phenoxy) is 3. The van der Waals surface area contributed by atoms with Crippen LogP contribution in [0.4, 0.5) is 4.79 Å². The number of H-pyrrole nitrogens is 2. The number of amides is 3. The molecule has 0 saturated carbocycles. The van der Waals surface area contributed by atoms with Gasteiger partial charge in [-0.25, -0.2) is 14.8 Å². The van der Waals surface area contributed by atoms with Gasteiger partial charge in [-0.1, -0.05) is 56.3 Å². The topological polar surface area (TPSA) is 155 Å². The first-order chi connectivity index (χ1) is 29.1. The van der Waals surface area contributed by atoms with Crippen LogP contribution in [0.1, 0.15) is 86.2 Å². The predicted molar refractivity (Wildman–Crippen MR) is 226 cm³/mol. The third-order valence-electron chi connectivity index (χ3n) is 12.7. The van der Waals surface area contributed by atoms with E-state index in [1.165, 1.54) is 12.7 Å². The van der Waals surface area contributed by atoms with Crippen LogP contribution >= 0.6 is 0 Å². The highest BCUT2D eigenvalue weighted by molar-refractivity contribution is 5.89. The number of aryl methyl sites for hydroxylation is 2. The molecule has 13 heteroatoms. The standard InChI is InChI=1S/C47H52N7O6/c1-26(2)42(52-47(57)59-5)46(56)54-27(3)11-16-38(54)45-49-36-15-13-30-20-35-33-14-12-31(19-32(33)25-60-40(35)21-34(30)43(36)51-45)37-22-48-44(50-37)39-17-29(24-58-4)23-53(39)41(55)18-28-9-7-6-8-10-28/h6-10,12,14,18-22,26-27,29,38-39,42H,11,13,15-17,23-25H2,1-5H3,(H,48,50)(H,49,51)(H,52,57)/t27-,29-,38-,39-,42-/m0/s1. The number of alkyl carbamates (subject to hydrolysis) is 1. The van der Waals surface area contributed by atoms with Gasteiger partial charge in [-0.15, -0.1) is 0 Å². The zero-order chi connectivity index (χ0) is 41.7. The van der Waals surface area contributed by atoms with Crippen molar-refractivity contribution in [1.82, 2.24) is 35.1 Å². The Balaban J connectivity index is 0.947. The number of aromatic amines is 2. The molecule has 2 aromatic heterocycles. The summed E-state index contributed by atoms with van der Waals surface area (Å²) in [5.74, 6) is 2.30. The number of benzene rings is 3. The lowest BCUT2D eigenvalue weighted by Crippen LogP contribution is -2.52. The monoisotopic (exact) mass is 810 g/mol. The van der Waals surface area contributed by atoms with Crippen molar-refractivity contribution in [3.05, 3.63) is 107 Å². The number of likely N-dealkylation sites (tertiary alicyclic amines) is 2. The maximum absolute atomic E-state index is 14.0. The zero-order valence-corrected chi connectivity index (χ0v) is 34.8. The van der Waals surface area contributed by atoms with Crippen molar-refractivity contribution >= 4 is 17.9 Å². The fourth-order valence-corrected chi connectivity index (χ4v) is 9.63. The first-order valence-corrected chi connectivity index (χ1v) is 21.0. The Labute approximate surface area is 350 Å². The number of imidazole rings is 2. The van der Waals surface area contributed by atoms with Crippen LogP contribution in [0.2, 0.25) is 0 Å². The fraction of sp³-hybridized carbons (Fsp3) is 0.404. The largest absolute Gasteiger partial charge is 0.488 e. The van der Waals surface area contributed by atoms with Gasteiger partial charge in [-0.3, -0.25) is 9.59 Å². The van der Waals surface area contributed by atoms with Gasteiger partial charge in [0.1, 0.15) is 30.0 Å². The molecule has 9 rings (SSSR count). The molecule has 0 bridgehead atoms. The van der Waals surface area contributed by atoms with Gasteiger partial charge in [0.25, 0.3) is 0 Å². The molecule has 1 aliphatic carbocycles. The molecule has 60 heavy (non-hydrogen) atoms. The molecule has 0 spiro atoms. The van der Waals surface area contributed by atoms with E-state index in [0.29, 0.717) is 19.8 Å². The molecule has 0 unspecified atom stereocenters. The molecule has 5 atom stereocenters. The number of carbonyl (C=O) groups is 3. The molecule has 13 nitrogen and oxygen atoms in total. The lowest BCUT2D eigenvalue weighted by Gasteiger charge is -2.32. The number of rotatable bonds is 10. The highest BCUT2D eigenvalue weighted by Crippen LogP contribution is 2.46. The molecule has 4 aliphatic rings. The van der Waals surface area contributed by atoms with Crippen molar-refractivity contribution in [1.29, 1.82) is 0 Å². The molecule has 3 aromatic carbocycles. The third kappa shape index (κ3) is 7.33. The summed E-state index contributed by atoms with van der Waals surface area (Å²) >= 11 is 0. The average Bonchev–Trinajstić information content (AvgIpc) is 4.08. The Bertz CT molecular complexity index is 2420. The Morgan fingerprint density at radius 1 is 0.950 bits per heavy atom. The number of carbonyl (C=O) groups excluding carboxylic acids is 3. The van der Waals surface area contributed by atoms with E-state index in [2.05, 4.69) is 52.5 Å². The number of nitrogens with zero attached hydrogens (tertiary/aromatic N) is 4. The van der Waals surface area contributed by atoms with Crippen molar-refractivity contribution in [3.63, 3.8) is 0 Å². The summed E-state index contributed by atoms with van der Waals surface area (Å²) < 4.78 is 16.8. The molecule has 3 N–H and O–H groups in total. The molecule has 2 saturated heterocycles. The van der Waals surface area contributed by atoms with Gasteiger partial charge in [0.15, 0.2) is 0 Å². The van der Waals surface area contributed by atoms with Crippen molar-refractivity contribution in [2.75, 3.05) is 27.4 Å². The van der Waals surface area contributed by atoms with E-state index in [0.717, 1.165) is 100.0 Å². The lowest BCUT2D eigenvalue weighted by molar-refractivity contribution is -0.137. The van der Waals surface area contributed by atoms with Crippen molar-refractivity contribution < 1.29 is 28.6 Å². The number of hydrogen-bond donors (Lipinski definition) is 3. The first-order valence-electron chi connectivity index (χ1n) is 21.0. The molecule has 2 fully saturated rings. The number of hydrogen-bond acceptors (Lipinski definition) is 8. The van der Waals surface area contributed by atoms with Crippen LogP contribution in [0.15, 0.2) is 66.9 Å². The van der Waals surface area contributed by atoms with Gasteiger partial charge in [0.2, 0.25) is 11.8 Å². The first kappa shape index (κ1) is 39.5. The minimum atomic E-state index is -0.705. The van der Waals surface area contributed by atoms with E-state index in [-0.39, 0.29) is 41.8 Å². The van der Waals surface area contributed by atoms with Gasteiger partial charge in [0, 0.05) is 36.7 Å². The molecule has 311 valence electrons.